The second-order valence-electron chi connectivity index (χ2n) is 5.52. The summed E-state index contributed by atoms with van der Waals surface area (Å²) < 4.78 is 16.5. The van der Waals surface area contributed by atoms with Crippen molar-refractivity contribution in [2.45, 2.75) is 32.6 Å². The van der Waals surface area contributed by atoms with Gasteiger partial charge in [-0.15, -0.1) is 0 Å². The average molecular weight is 315 g/mol. The lowest BCUT2D eigenvalue weighted by molar-refractivity contribution is 0.0487. The van der Waals surface area contributed by atoms with Crippen LogP contribution >= 0.6 is 0 Å². The number of nitrogens with one attached hydrogen (secondary N) is 2. The Labute approximate surface area is 135 Å². The van der Waals surface area contributed by atoms with Gasteiger partial charge in [0.05, 0.1) is 26.4 Å². The summed E-state index contributed by atoms with van der Waals surface area (Å²) in [5.41, 5.74) is 0. The Morgan fingerprint density at radius 2 is 1.59 bits per heavy atom. The van der Waals surface area contributed by atoms with Crippen LogP contribution in [0.1, 0.15) is 32.6 Å². The van der Waals surface area contributed by atoms with Crippen molar-refractivity contribution in [2.24, 2.45) is 10.9 Å². The van der Waals surface area contributed by atoms with E-state index >= 15 is 0 Å². The van der Waals surface area contributed by atoms with E-state index in [1.54, 1.807) is 7.05 Å². The van der Waals surface area contributed by atoms with E-state index in [1.165, 1.54) is 19.3 Å². The van der Waals surface area contributed by atoms with Gasteiger partial charge in [-0.1, -0.05) is 13.3 Å². The Kier molecular flexibility index (Phi) is 12.0. The topological polar surface area (TPSA) is 64.1 Å². The van der Waals surface area contributed by atoms with Gasteiger partial charge >= 0.3 is 0 Å². The molecule has 6 nitrogen and oxygen atoms in total. The number of hydrogen-bond acceptors (Lipinski definition) is 4. The second-order valence-corrected chi connectivity index (χ2v) is 5.52. The predicted octanol–water partition coefficient (Wildman–Crippen LogP) is 1.41. The maximum absolute atomic E-state index is 5.57. The van der Waals surface area contributed by atoms with E-state index in [-0.39, 0.29) is 0 Å². The summed E-state index contributed by atoms with van der Waals surface area (Å²) >= 11 is 0. The molecule has 0 spiro atoms. The number of nitrogens with zero attached hydrogens (tertiary/aromatic N) is 1. The van der Waals surface area contributed by atoms with Crippen molar-refractivity contribution >= 4 is 5.96 Å². The van der Waals surface area contributed by atoms with Crippen molar-refractivity contribution < 1.29 is 14.2 Å². The van der Waals surface area contributed by atoms with Gasteiger partial charge in [0.1, 0.15) is 0 Å². The van der Waals surface area contributed by atoms with Gasteiger partial charge in [0.2, 0.25) is 0 Å². The highest BCUT2D eigenvalue weighted by molar-refractivity contribution is 5.79. The van der Waals surface area contributed by atoms with Crippen LogP contribution in [0.25, 0.3) is 0 Å². The van der Waals surface area contributed by atoms with Gasteiger partial charge in [0, 0.05) is 33.4 Å². The smallest absolute Gasteiger partial charge is 0.191 e. The summed E-state index contributed by atoms with van der Waals surface area (Å²) in [7, 11) is 1.77. The van der Waals surface area contributed by atoms with Crippen molar-refractivity contribution in [2.75, 3.05) is 59.8 Å². The van der Waals surface area contributed by atoms with Crippen LogP contribution in [0.3, 0.4) is 0 Å². The van der Waals surface area contributed by atoms with Gasteiger partial charge in [-0.05, 0) is 25.2 Å². The Morgan fingerprint density at radius 1 is 0.955 bits per heavy atom. The third-order valence-corrected chi connectivity index (χ3v) is 3.37. The Hall–Kier alpha value is -0.850. The molecule has 0 heterocycles. The Morgan fingerprint density at radius 3 is 2.18 bits per heavy atom. The molecule has 130 valence electrons. The molecule has 0 aliphatic heterocycles. The molecule has 0 saturated heterocycles. The van der Waals surface area contributed by atoms with E-state index in [9.17, 15) is 0 Å². The molecule has 0 aromatic carbocycles. The van der Waals surface area contributed by atoms with Crippen molar-refractivity contribution in [3.05, 3.63) is 0 Å². The molecule has 0 aromatic heterocycles. The van der Waals surface area contributed by atoms with Crippen molar-refractivity contribution in [1.29, 1.82) is 0 Å². The second kappa shape index (κ2) is 13.8. The van der Waals surface area contributed by atoms with E-state index < -0.39 is 0 Å². The molecule has 0 aromatic rings. The standard InChI is InChI=1S/C16H33N3O3/c1-3-4-9-20-12-13-21-10-7-18-16(17-2)19-8-11-22-14-15-5-6-15/h15H,3-14H2,1-2H3,(H2,17,18,19). The normalized spacial score (nSPS) is 15.1. The van der Waals surface area contributed by atoms with Gasteiger partial charge in [-0.2, -0.15) is 0 Å². The average Bonchev–Trinajstić information content (AvgIpc) is 3.35. The van der Waals surface area contributed by atoms with Crippen LogP contribution in [0.4, 0.5) is 0 Å². The number of hydrogen-bond donors (Lipinski definition) is 2. The summed E-state index contributed by atoms with van der Waals surface area (Å²) in [6.07, 6.45) is 4.96. The highest BCUT2D eigenvalue weighted by Gasteiger charge is 2.20. The number of rotatable bonds is 14. The number of unbranched alkanes of at least 4 members (excludes halogenated alkanes) is 1. The maximum atomic E-state index is 5.57. The first kappa shape index (κ1) is 19.2. The molecule has 1 rings (SSSR count). The van der Waals surface area contributed by atoms with Crippen LogP contribution in [0.15, 0.2) is 4.99 Å². The number of ether oxygens (including phenoxy) is 3. The molecule has 6 heteroatoms. The first-order valence-corrected chi connectivity index (χ1v) is 8.54. The predicted molar refractivity (Wildman–Crippen MR) is 89.5 cm³/mol. The highest BCUT2D eigenvalue weighted by atomic mass is 16.5. The molecule has 22 heavy (non-hydrogen) atoms. The van der Waals surface area contributed by atoms with Crippen LogP contribution in [-0.2, 0) is 14.2 Å². The quantitative estimate of drug-likeness (QED) is 0.288. The summed E-state index contributed by atoms with van der Waals surface area (Å²) in [6, 6.07) is 0. The molecule has 1 aliphatic carbocycles. The van der Waals surface area contributed by atoms with Gasteiger partial charge in [0.15, 0.2) is 5.96 Å². The maximum Gasteiger partial charge on any atom is 0.191 e. The Balaban J connectivity index is 1.82. The van der Waals surface area contributed by atoms with Crippen LogP contribution < -0.4 is 10.6 Å². The number of guanidine groups is 1. The summed E-state index contributed by atoms with van der Waals surface area (Å²) in [5, 5.41) is 6.43. The lowest BCUT2D eigenvalue weighted by Crippen LogP contribution is -2.40. The molecule has 0 radical (unpaired) electrons. The molecule has 1 saturated carbocycles. The molecule has 0 amide bonds. The Bertz CT molecular complexity index is 284. The highest BCUT2D eigenvalue weighted by Crippen LogP contribution is 2.28. The van der Waals surface area contributed by atoms with Crippen molar-refractivity contribution in [3.63, 3.8) is 0 Å². The third-order valence-electron chi connectivity index (χ3n) is 3.37. The third kappa shape index (κ3) is 11.8. The summed E-state index contributed by atoms with van der Waals surface area (Å²) in [6.45, 7) is 8.09. The van der Waals surface area contributed by atoms with E-state index in [0.717, 1.165) is 51.2 Å². The monoisotopic (exact) mass is 315 g/mol. The van der Waals surface area contributed by atoms with E-state index in [2.05, 4.69) is 22.5 Å². The molecule has 1 fully saturated rings. The van der Waals surface area contributed by atoms with Crippen molar-refractivity contribution in [1.82, 2.24) is 10.6 Å². The van der Waals surface area contributed by atoms with Gasteiger partial charge in [0.25, 0.3) is 0 Å². The zero-order valence-electron chi connectivity index (χ0n) is 14.2. The van der Waals surface area contributed by atoms with E-state index in [1.807, 2.05) is 0 Å². The van der Waals surface area contributed by atoms with Gasteiger partial charge in [-0.25, -0.2) is 0 Å². The number of aliphatic imine (C=N–C) groups is 1. The fraction of sp³-hybridized carbons (Fsp3) is 0.938. The van der Waals surface area contributed by atoms with Crippen molar-refractivity contribution in [3.8, 4) is 0 Å². The molecule has 0 atom stereocenters. The van der Waals surface area contributed by atoms with Crippen LogP contribution in [-0.4, -0.2) is 65.7 Å². The van der Waals surface area contributed by atoms with Gasteiger partial charge < -0.3 is 24.8 Å². The minimum absolute atomic E-state index is 0.645. The van der Waals surface area contributed by atoms with E-state index in [0.29, 0.717) is 19.8 Å². The molecular weight excluding hydrogens is 282 g/mol. The minimum atomic E-state index is 0.645. The fourth-order valence-corrected chi connectivity index (χ4v) is 1.81. The zero-order chi connectivity index (χ0) is 15.9. The molecule has 0 bridgehead atoms. The largest absolute Gasteiger partial charge is 0.379 e. The fourth-order valence-electron chi connectivity index (χ4n) is 1.81. The first-order chi connectivity index (χ1) is 10.9. The minimum Gasteiger partial charge on any atom is -0.379 e. The van der Waals surface area contributed by atoms with Gasteiger partial charge in [-0.3, -0.25) is 4.99 Å². The lowest BCUT2D eigenvalue weighted by Gasteiger charge is -2.12. The van der Waals surface area contributed by atoms with E-state index in [4.69, 9.17) is 14.2 Å². The molecule has 0 unspecified atom stereocenters. The SMILES string of the molecule is CCCCOCCOCCNC(=NC)NCCOCC1CC1. The van der Waals surface area contributed by atoms with Crippen LogP contribution in [0.2, 0.25) is 0 Å². The summed E-state index contributed by atoms with van der Waals surface area (Å²) in [4.78, 5) is 4.16. The van der Waals surface area contributed by atoms with Crippen LogP contribution in [0, 0.1) is 5.92 Å². The lowest BCUT2D eigenvalue weighted by atomic mass is 10.4. The summed E-state index contributed by atoms with van der Waals surface area (Å²) in [5.74, 6) is 1.61. The first-order valence-electron chi connectivity index (χ1n) is 8.54. The molecular formula is C16H33N3O3. The van der Waals surface area contributed by atoms with Crippen LogP contribution in [0.5, 0.6) is 0 Å². The molecule has 2 N–H and O–H groups in total. The molecule has 1 aliphatic rings. The zero-order valence-corrected chi connectivity index (χ0v) is 14.2.